The van der Waals surface area contributed by atoms with Crippen LogP contribution in [-0.4, -0.2) is 54.3 Å². The van der Waals surface area contributed by atoms with Crippen LogP contribution in [0.2, 0.25) is 5.02 Å². The van der Waals surface area contributed by atoms with Gasteiger partial charge in [-0.1, -0.05) is 161 Å². The Morgan fingerprint density at radius 1 is 0.770 bits per heavy atom. The maximum Gasteiger partial charge on any atom is 0.271 e. The molecule has 0 saturated carbocycles. The lowest BCUT2D eigenvalue weighted by Gasteiger charge is -1.96. The van der Waals surface area contributed by atoms with Crippen LogP contribution >= 0.6 is 170 Å². The van der Waals surface area contributed by atoms with Crippen LogP contribution in [-0.2, 0) is 0 Å². The summed E-state index contributed by atoms with van der Waals surface area (Å²) in [6, 6.07) is 14.6. The molecule has 0 aliphatic carbocycles. The number of aromatic nitrogens is 8. The van der Waals surface area contributed by atoms with E-state index in [0.717, 1.165) is 29.8 Å². The third kappa shape index (κ3) is 22.2. The van der Waals surface area contributed by atoms with Crippen molar-refractivity contribution in [1.29, 1.82) is 0 Å². The molecule has 5 aromatic heterocycles. The highest BCUT2D eigenvalue weighted by Gasteiger charge is 2.10. The summed E-state index contributed by atoms with van der Waals surface area (Å²) in [6.45, 7) is 6.40. The second-order valence-corrected chi connectivity index (χ2v) is 32.9. The van der Waals surface area contributed by atoms with Gasteiger partial charge in [0.05, 0.1) is 57.5 Å². The third-order valence-corrected chi connectivity index (χ3v) is 7.87. The van der Waals surface area contributed by atoms with E-state index in [1.807, 2.05) is 55.8 Å². The molecule has 0 saturated heterocycles. The van der Waals surface area contributed by atoms with Crippen LogP contribution in [0.5, 0.6) is 0 Å². The highest BCUT2D eigenvalue weighted by Crippen LogP contribution is 2.33. The number of imidazole rings is 2. The van der Waals surface area contributed by atoms with Crippen molar-refractivity contribution in [3.63, 3.8) is 0 Å². The number of nitro groups is 2. The fraction of sp³-hybridized carbons (Fsp3) is 0.189. The Bertz CT molecular complexity index is 2570. The third-order valence-electron chi connectivity index (χ3n) is 6.33. The van der Waals surface area contributed by atoms with E-state index in [1.165, 1.54) is 41.0 Å². The Morgan fingerprint density at radius 2 is 1.20 bits per heavy atom. The van der Waals surface area contributed by atoms with Gasteiger partial charge in [0, 0.05) is 70.7 Å². The van der Waals surface area contributed by atoms with E-state index in [9.17, 15) is 20.2 Å². The minimum absolute atomic E-state index is 0. The molecule has 24 heteroatoms. The van der Waals surface area contributed by atoms with E-state index in [-0.39, 0.29) is 18.8 Å². The average molecular weight is 1640 g/mol. The molecule has 0 fully saturated rings. The van der Waals surface area contributed by atoms with Crippen molar-refractivity contribution in [3.8, 4) is 0 Å². The Kier molecular flexibility index (Phi) is 27.9. The maximum absolute atomic E-state index is 10.6. The largest absolute Gasteiger partial charge is 0.399 e. The molecule has 4 N–H and O–H groups in total. The first kappa shape index (κ1) is 57.3. The molecule has 0 atom stereocenters. The van der Waals surface area contributed by atoms with E-state index in [0.29, 0.717) is 25.0 Å². The number of nitrogens with two attached hydrogens (primary N) is 2. The number of nitro benzene ring substituents is 2. The SMILES string of the molecule is C.CC(I)(I)I.CC(I)I.CCI.Nc1ccc2c(c1)nc1cnccn12.Nc1cnccn1.O=[N+]([O-])c1ccc(Cl)c(I)c1.O=[N+]([O-])c1ccc2c(c1)nc1cnccn12. The van der Waals surface area contributed by atoms with Gasteiger partial charge in [-0.2, -0.15) is 0 Å². The summed E-state index contributed by atoms with van der Waals surface area (Å²) < 4.78 is 6.92. The zero-order chi connectivity index (χ0) is 45.0. The number of hydrogen-bond donors (Lipinski definition) is 2. The number of rotatable bonds is 2. The average Bonchev–Trinajstić information content (AvgIpc) is 3.74. The second-order valence-electron chi connectivity index (χ2n) is 11.1. The fourth-order valence-corrected chi connectivity index (χ4v) is 4.80. The first-order chi connectivity index (χ1) is 28.2. The topological polar surface area (TPSA) is 224 Å². The Balaban J connectivity index is 0.000000381. The van der Waals surface area contributed by atoms with Gasteiger partial charge in [0.25, 0.3) is 11.4 Å². The van der Waals surface area contributed by atoms with Crippen LogP contribution in [0, 0.1) is 23.8 Å². The predicted octanol–water partition coefficient (Wildman–Crippen LogP) is 13.4. The lowest BCUT2D eigenvalue weighted by atomic mass is 10.3. The first-order valence-electron chi connectivity index (χ1n) is 16.6. The van der Waals surface area contributed by atoms with Crippen LogP contribution in [0.25, 0.3) is 33.4 Å². The molecule has 3 aromatic carbocycles. The van der Waals surface area contributed by atoms with E-state index in [1.54, 1.807) is 49.4 Å². The molecular formula is C37H38ClI7N12O4. The van der Waals surface area contributed by atoms with Crippen LogP contribution in [0.1, 0.15) is 28.2 Å². The Hall–Kier alpha value is -1.70. The lowest BCUT2D eigenvalue weighted by Crippen LogP contribution is -1.87. The zero-order valence-corrected chi connectivity index (χ0v) is 47.3. The van der Waals surface area contributed by atoms with Gasteiger partial charge in [-0.25, -0.2) is 15.0 Å². The number of nitrogen functional groups attached to an aromatic ring is 2. The first-order valence-corrected chi connectivity index (χ1v) is 25.3. The number of anilines is 2. The monoisotopic (exact) mass is 1640 g/mol. The summed E-state index contributed by atoms with van der Waals surface area (Å²) in [4.78, 5) is 44.0. The van der Waals surface area contributed by atoms with Crippen LogP contribution < -0.4 is 11.5 Å². The quantitative estimate of drug-likeness (QED) is 0.0542. The van der Waals surface area contributed by atoms with E-state index >= 15 is 0 Å². The summed E-state index contributed by atoms with van der Waals surface area (Å²) in [6.07, 6.45) is 15.0. The molecule has 326 valence electrons. The Labute approximate surface area is 452 Å². The van der Waals surface area contributed by atoms with Gasteiger partial charge in [-0.05, 0) is 71.2 Å². The van der Waals surface area contributed by atoms with Gasteiger partial charge in [-0.3, -0.25) is 44.0 Å². The molecular weight excluding hydrogens is 1600 g/mol. The van der Waals surface area contributed by atoms with E-state index in [4.69, 9.17) is 23.1 Å². The molecule has 0 bridgehead atoms. The predicted molar refractivity (Wildman–Crippen MR) is 309 cm³/mol. The van der Waals surface area contributed by atoms with Gasteiger partial charge in [0.2, 0.25) is 0 Å². The summed E-state index contributed by atoms with van der Waals surface area (Å²) in [5, 5.41) is 21.4. The summed E-state index contributed by atoms with van der Waals surface area (Å²) >= 11 is 21.6. The van der Waals surface area contributed by atoms with Crippen molar-refractivity contribution in [2.75, 3.05) is 15.9 Å². The summed E-state index contributed by atoms with van der Waals surface area (Å²) in [7, 11) is 0. The highest BCUT2D eigenvalue weighted by molar-refractivity contribution is 14.3. The Morgan fingerprint density at radius 3 is 1.61 bits per heavy atom. The van der Waals surface area contributed by atoms with E-state index in [2.05, 4.69) is 186 Å². The highest BCUT2D eigenvalue weighted by atomic mass is 127. The standard InChI is InChI=1S/C10H6N4O2.C10H8N4.C6H3ClINO2.C4H5N3.C2H3I3.C2H4I2.C2H5I.CH4/c15-14(16)7-1-2-9-8(5-7)12-10-6-11-3-4-13(9)10;11-7-1-2-9-8(5-7)13-10-6-12-3-4-14(9)10;7-5-2-1-4(9(10)11)3-6(5)8;5-4-3-6-1-2-7-4;1-2(3,4)5;1-2(3)4;1-2-3;/h1-6H;1-6H,11H2;1-3H;1-3H,(H2,5,7);1H3;2H,1H3;2H2,1H3;1H4. The van der Waals surface area contributed by atoms with Crippen molar-refractivity contribution in [1.82, 2.24) is 38.7 Å². The zero-order valence-electron chi connectivity index (χ0n) is 31.5. The second kappa shape index (κ2) is 29.7. The van der Waals surface area contributed by atoms with Crippen molar-refractivity contribution >= 4 is 226 Å². The molecule has 5 heterocycles. The van der Waals surface area contributed by atoms with Crippen LogP contribution in [0.3, 0.4) is 0 Å². The molecule has 0 aliphatic rings. The molecule has 16 nitrogen and oxygen atoms in total. The minimum Gasteiger partial charge on any atom is -0.399 e. The van der Waals surface area contributed by atoms with Gasteiger partial charge < -0.3 is 11.5 Å². The molecule has 0 spiro atoms. The van der Waals surface area contributed by atoms with Gasteiger partial charge in [0.15, 0.2) is 11.3 Å². The molecule has 0 amide bonds. The van der Waals surface area contributed by atoms with Crippen LogP contribution in [0.15, 0.2) is 110 Å². The minimum atomic E-state index is -0.446. The molecule has 8 aromatic rings. The number of halogens is 8. The van der Waals surface area contributed by atoms with Crippen LogP contribution in [0.4, 0.5) is 22.9 Å². The van der Waals surface area contributed by atoms with Crippen molar-refractivity contribution in [2.24, 2.45) is 0 Å². The van der Waals surface area contributed by atoms with Gasteiger partial charge in [0.1, 0.15) is 5.25 Å². The summed E-state index contributed by atoms with van der Waals surface area (Å²) in [5.41, 5.74) is 16.6. The van der Waals surface area contributed by atoms with Gasteiger partial charge >= 0.3 is 0 Å². The molecule has 61 heavy (non-hydrogen) atoms. The lowest BCUT2D eigenvalue weighted by molar-refractivity contribution is -0.385. The number of non-ortho nitro benzene ring substituents is 2. The molecule has 8 rings (SSSR count). The molecule has 0 radical (unpaired) electrons. The van der Waals surface area contributed by atoms with Gasteiger partial charge in [-0.15, -0.1) is 0 Å². The van der Waals surface area contributed by atoms with Crippen molar-refractivity contribution in [3.05, 3.63) is 139 Å². The summed E-state index contributed by atoms with van der Waals surface area (Å²) in [5.74, 6) is 0.461. The normalized spacial score (nSPS) is 10.0. The van der Waals surface area contributed by atoms with Crippen molar-refractivity contribution < 1.29 is 9.85 Å². The number of alkyl halides is 6. The van der Waals surface area contributed by atoms with Crippen molar-refractivity contribution in [2.45, 2.75) is 29.6 Å². The molecule has 0 aliphatic heterocycles. The fourth-order valence-electron chi connectivity index (χ4n) is 4.19. The number of hydrogen-bond acceptors (Lipinski definition) is 12. The molecule has 0 unspecified atom stereocenters. The number of benzene rings is 3. The number of nitrogens with zero attached hydrogens (tertiary/aromatic N) is 10. The number of fused-ring (bicyclic) bond motifs is 6. The van der Waals surface area contributed by atoms with E-state index < -0.39 is 9.85 Å². The maximum atomic E-state index is 10.6. The smallest absolute Gasteiger partial charge is 0.271 e.